The van der Waals surface area contributed by atoms with Crippen LogP contribution in [-0.2, 0) is 0 Å². The molecule has 4 nitrogen and oxygen atoms in total. The van der Waals surface area contributed by atoms with E-state index in [2.05, 4.69) is 9.72 Å². The van der Waals surface area contributed by atoms with Crippen LogP contribution < -0.4 is 9.47 Å². The zero-order chi connectivity index (χ0) is 17.8. The number of hydrogen-bond donors (Lipinski definition) is 1. The number of rotatable bonds is 6. The van der Waals surface area contributed by atoms with E-state index in [4.69, 9.17) is 4.74 Å². The molecular formula is C19H15F2NO3. The molecule has 0 saturated heterocycles. The molecule has 0 unspecified atom stereocenters. The van der Waals surface area contributed by atoms with E-state index in [0.29, 0.717) is 11.1 Å². The molecule has 3 rings (SSSR count). The van der Waals surface area contributed by atoms with Gasteiger partial charge in [0.05, 0.1) is 7.11 Å². The van der Waals surface area contributed by atoms with Gasteiger partial charge in [0, 0.05) is 22.7 Å². The van der Waals surface area contributed by atoms with Crippen LogP contribution >= 0.6 is 0 Å². The number of H-pyrrole nitrogens is 1. The van der Waals surface area contributed by atoms with Crippen molar-refractivity contribution in [3.05, 3.63) is 65.9 Å². The highest BCUT2D eigenvalue weighted by Crippen LogP contribution is 2.30. The Morgan fingerprint density at radius 3 is 2.72 bits per heavy atom. The Hall–Kier alpha value is -3.15. The van der Waals surface area contributed by atoms with Crippen LogP contribution in [0.3, 0.4) is 0 Å². The summed E-state index contributed by atoms with van der Waals surface area (Å²) in [6.45, 7) is -2.93. The zero-order valence-electron chi connectivity index (χ0n) is 13.3. The molecule has 0 radical (unpaired) electrons. The van der Waals surface area contributed by atoms with Crippen molar-refractivity contribution >= 4 is 22.8 Å². The number of nitrogens with one attached hydrogen (secondary N) is 1. The molecule has 1 aromatic heterocycles. The molecule has 0 atom stereocenters. The molecule has 0 aliphatic heterocycles. The van der Waals surface area contributed by atoms with Gasteiger partial charge in [0.25, 0.3) is 0 Å². The van der Waals surface area contributed by atoms with Crippen LogP contribution in [0, 0.1) is 0 Å². The number of benzene rings is 2. The average molecular weight is 343 g/mol. The number of hydrogen-bond acceptors (Lipinski definition) is 3. The van der Waals surface area contributed by atoms with Gasteiger partial charge in [0.15, 0.2) is 17.3 Å². The fraction of sp³-hybridized carbons (Fsp3) is 0.105. The number of methoxy groups -OCH3 is 1. The molecule has 25 heavy (non-hydrogen) atoms. The molecule has 0 aliphatic rings. The number of para-hydroxylation sites is 1. The Labute approximate surface area is 142 Å². The van der Waals surface area contributed by atoms with E-state index >= 15 is 0 Å². The first-order valence-electron chi connectivity index (χ1n) is 7.50. The van der Waals surface area contributed by atoms with E-state index in [1.807, 2.05) is 24.3 Å². The SMILES string of the molecule is COc1cc(/C=C/C(=O)c2c[nH]c3ccccc23)ccc1OC(F)F. The van der Waals surface area contributed by atoms with Crippen molar-refractivity contribution in [1.29, 1.82) is 0 Å². The number of ether oxygens (including phenoxy) is 2. The summed E-state index contributed by atoms with van der Waals surface area (Å²) in [6, 6.07) is 12.0. The Kier molecular flexibility index (Phi) is 4.79. The second kappa shape index (κ2) is 7.17. The van der Waals surface area contributed by atoms with Crippen LogP contribution in [0.4, 0.5) is 8.78 Å². The van der Waals surface area contributed by atoms with E-state index in [1.54, 1.807) is 18.3 Å². The maximum absolute atomic E-state index is 12.4. The van der Waals surface area contributed by atoms with Gasteiger partial charge in [-0.25, -0.2) is 0 Å². The Morgan fingerprint density at radius 1 is 1.16 bits per heavy atom. The maximum atomic E-state index is 12.4. The summed E-state index contributed by atoms with van der Waals surface area (Å²) in [5.41, 5.74) is 2.08. The van der Waals surface area contributed by atoms with Gasteiger partial charge < -0.3 is 14.5 Å². The van der Waals surface area contributed by atoms with E-state index in [9.17, 15) is 13.6 Å². The van der Waals surface area contributed by atoms with Gasteiger partial charge in [0.2, 0.25) is 0 Å². The van der Waals surface area contributed by atoms with E-state index < -0.39 is 6.61 Å². The predicted octanol–water partition coefficient (Wildman–Crippen LogP) is 4.67. The summed E-state index contributed by atoms with van der Waals surface area (Å²) >= 11 is 0. The predicted molar refractivity (Wildman–Crippen MR) is 91.3 cm³/mol. The third kappa shape index (κ3) is 3.68. The van der Waals surface area contributed by atoms with Crippen LogP contribution in [0.25, 0.3) is 17.0 Å². The first-order chi connectivity index (χ1) is 12.1. The normalized spacial score (nSPS) is 11.4. The third-order valence-electron chi connectivity index (χ3n) is 3.69. The molecular weight excluding hydrogens is 328 g/mol. The molecule has 0 amide bonds. The first kappa shape index (κ1) is 16.7. The number of allylic oxidation sites excluding steroid dienone is 1. The van der Waals surface area contributed by atoms with Crippen LogP contribution in [0.2, 0.25) is 0 Å². The molecule has 0 fully saturated rings. The molecule has 0 aliphatic carbocycles. The summed E-state index contributed by atoms with van der Waals surface area (Å²) in [5.74, 6) is -0.0519. The lowest BCUT2D eigenvalue weighted by Gasteiger charge is -2.10. The number of alkyl halides is 2. The van der Waals surface area contributed by atoms with Crippen molar-refractivity contribution in [2.75, 3.05) is 7.11 Å². The smallest absolute Gasteiger partial charge is 0.387 e. The van der Waals surface area contributed by atoms with Gasteiger partial charge in [-0.2, -0.15) is 8.78 Å². The van der Waals surface area contributed by atoms with Gasteiger partial charge in [-0.15, -0.1) is 0 Å². The number of aromatic nitrogens is 1. The molecule has 1 N–H and O–H groups in total. The average Bonchev–Trinajstić information content (AvgIpc) is 3.04. The lowest BCUT2D eigenvalue weighted by Crippen LogP contribution is -2.03. The molecule has 0 saturated carbocycles. The number of aromatic amines is 1. The molecule has 128 valence electrons. The van der Waals surface area contributed by atoms with Crippen LogP contribution in [-0.4, -0.2) is 24.5 Å². The number of carbonyl (C=O) groups is 1. The Bertz CT molecular complexity index is 931. The van der Waals surface area contributed by atoms with Gasteiger partial charge in [-0.05, 0) is 29.8 Å². The van der Waals surface area contributed by atoms with Gasteiger partial charge in [-0.3, -0.25) is 4.79 Å². The molecule has 6 heteroatoms. The summed E-state index contributed by atoms with van der Waals surface area (Å²) in [6.07, 6.45) is 4.69. The summed E-state index contributed by atoms with van der Waals surface area (Å²) in [7, 11) is 1.36. The van der Waals surface area contributed by atoms with Crippen LogP contribution in [0.5, 0.6) is 11.5 Å². The van der Waals surface area contributed by atoms with E-state index in [0.717, 1.165) is 10.9 Å². The summed E-state index contributed by atoms with van der Waals surface area (Å²) in [4.78, 5) is 15.4. The number of fused-ring (bicyclic) bond motifs is 1. The third-order valence-corrected chi connectivity index (χ3v) is 3.69. The molecule has 1 heterocycles. The summed E-state index contributed by atoms with van der Waals surface area (Å²) in [5, 5.41) is 0.843. The lowest BCUT2D eigenvalue weighted by atomic mass is 10.1. The van der Waals surface area contributed by atoms with Crippen molar-refractivity contribution in [1.82, 2.24) is 4.98 Å². The van der Waals surface area contributed by atoms with Crippen molar-refractivity contribution in [3.63, 3.8) is 0 Å². The molecule has 3 aromatic rings. The minimum atomic E-state index is -2.93. The fourth-order valence-electron chi connectivity index (χ4n) is 2.52. The van der Waals surface area contributed by atoms with Crippen molar-refractivity contribution in [2.24, 2.45) is 0 Å². The first-order valence-corrected chi connectivity index (χ1v) is 7.50. The molecule has 0 spiro atoms. The van der Waals surface area contributed by atoms with Gasteiger partial charge >= 0.3 is 6.61 Å². The highest BCUT2D eigenvalue weighted by molar-refractivity contribution is 6.14. The van der Waals surface area contributed by atoms with Crippen molar-refractivity contribution < 1.29 is 23.0 Å². The zero-order valence-corrected chi connectivity index (χ0v) is 13.3. The second-order valence-corrected chi connectivity index (χ2v) is 5.23. The minimum Gasteiger partial charge on any atom is -0.493 e. The highest BCUT2D eigenvalue weighted by atomic mass is 19.3. The topological polar surface area (TPSA) is 51.3 Å². The van der Waals surface area contributed by atoms with E-state index in [-0.39, 0.29) is 17.3 Å². The molecule has 0 bridgehead atoms. The molecule has 2 aromatic carbocycles. The number of carbonyl (C=O) groups excluding carboxylic acids is 1. The summed E-state index contributed by atoms with van der Waals surface area (Å²) < 4.78 is 34.1. The van der Waals surface area contributed by atoms with Crippen molar-refractivity contribution in [2.45, 2.75) is 6.61 Å². The maximum Gasteiger partial charge on any atom is 0.387 e. The highest BCUT2D eigenvalue weighted by Gasteiger charge is 2.11. The fourth-order valence-corrected chi connectivity index (χ4v) is 2.52. The quantitative estimate of drug-likeness (QED) is 0.522. The van der Waals surface area contributed by atoms with Crippen LogP contribution in [0.1, 0.15) is 15.9 Å². The monoisotopic (exact) mass is 343 g/mol. The Balaban J connectivity index is 1.82. The lowest BCUT2D eigenvalue weighted by molar-refractivity contribution is -0.0512. The van der Waals surface area contributed by atoms with Gasteiger partial charge in [0.1, 0.15) is 0 Å². The second-order valence-electron chi connectivity index (χ2n) is 5.23. The standard InChI is InChI=1S/C19H15F2NO3/c1-24-18-10-12(7-9-17(18)25-19(20)21)6-8-16(23)14-11-22-15-5-3-2-4-13(14)15/h2-11,19,22H,1H3/b8-6+. The number of halogens is 2. The van der Waals surface area contributed by atoms with Crippen LogP contribution in [0.15, 0.2) is 54.7 Å². The van der Waals surface area contributed by atoms with E-state index in [1.165, 1.54) is 25.3 Å². The largest absolute Gasteiger partial charge is 0.493 e. The minimum absolute atomic E-state index is 0.0578. The Morgan fingerprint density at radius 2 is 1.96 bits per heavy atom. The van der Waals surface area contributed by atoms with Crippen molar-refractivity contribution in [3.8, 4) is 11.5 Å². The number of ketones is 1. The van der Waals surface area contributed by atoms with Gasteiger partial charge in [-0.1, -0.05) is 30.3 Å².